The maximum Gasteiger partial charge on any atom is 0.115 e. The van der Waals surface area contributed by atoms with Crippen molar-refractivity contribution in [1.82, 2.24) is 4.98 Å². The van der Waals surface area contributed by atoms with Crippen LogP contribution in [-0.2, 0) is 0 Å². The number of anilines is 1. The van der Waals surface area contributed by atoms with Crippen LogP contribution in [0.2, 0.25) is 0 Å². The highest BCUT2D eigenvalue weighted by Crippen LogP contribution is 2.30. The molecule has 0 aliphatic heterocycles. The number of nitrogens with zero attached hydrogens (tertiary/aromatic N) is 1. The van der Waals surface area contributed by atoms with E-state index in [1.165, 1.54) is 4.88 Å². The van der Waals surface area contributed by atoms with Gasteiger partial charge >= 0.3 is 0 Å². The van der Waals surface area contributed by atoms with Gasteiger partial charge in [-0.2, -0.15) is 0 Å². The standard InChI is InChI=1S/C14H17N3S3/c1-8-7-16-14(20-8)9(2)17-10-5-4-6-11(19-3)12(10)13(15)18/h4-7,9,17H,1-3H3,(H2,15,18). The molecule has 0 aliphatic carbocycles. The Morgan fingerprint density at radius 1 is 1.50 bits per heavy atom. The number of thioether (sulfide) groups is 1. The second-order valence-electron chi connectivity index (χ2n) is 4.42. The highest BCUT2D eigenvalue weighted by molar-refractivity contribution is 7.98. The van der Waals surface area contributed by atoms with Gasteiger partial charge in [-0.05, 0) is 32.2 Å². The van der Waals surface area contributed by atoms with Gasteiger partial charge in [0.2, 0.25) is 0 Å². The zero-order valence-corrected chi connectivity index (χ0v) is 14.1. The van der Waals surface area contributed by atoms with Gasteiger partial charge in [-0.3, -0.25) is 0 Å². The lowest BCUT2D eigenvalue weighted by Crippen LogP contribution is -2.16. The van der Waals surface area contributed by atoms with Gasteiger partial charge < -0.3 is 11.1 Å². The largest absolute Gasteiger partial charge is 0.389 e. The molecule has 0 saturated heterocycles. The van der Waals surface area contributed by atoms with Crippen LogP contribution in [0.1, 0.15) is 28.4 Å². The van der Waals surface area contributed by atoms with Gasteiger partial charge in [0.25, 0.3) is 0 Å². The Labute approximate surface area is 133 Å². The van der Waals surface area contributed by atoms with Crippen LogP contribution in [0.5, 0.6) is 0 Å². The van der Waals surface area contributed by atoms with Gasteiger partial charge in [-0.1, -0.05) is 18.3 Å². The molecule has 2 aromatic rings. The number of nitrogens with one attached hydrogen (secondary N) is 1. The summed E-state index contributed by atoms with van der Waals surface area (Å²) in [4.78, 5) is 7.13. The van der Waals surface area contributed by atoms with E-state index in [1.54, 1.807) is 23.1 Å². The van der Waals surface area contributed by atoms with Crippen LogP contribution in [0.4, 0.5) is 5.69 Å². The van der Waals surface area contributed by atoms with Crippen molar-refractivity contribution in [2.24, 2.45) is 5.73 Å². The first kappa shape index (κ1) is 15.3. The molecule has 0 aliphatic rings. The van der Waals surface area contributed by atoms with E-state index in [1.807, 2.05) is 30.7 Å². The zero-order valence-electron chi connectivity index (χ0n) is 11.6. The smallest absolute Gasteiger partial charge is 0.115 e. The Hall–Kier alpha value is -1.11. The Bertz CT molecular complexity index is 622. The van der Waals surface area contributed by atoms with Crippen molar-refractivity contribution in [1.29, 1.82) is 0 Å². The fraction of sp³-hybridized carbons (Fsp3) is 0.286. The second kappa shape index (κ2) is 6.56. The van der Waals surface area contributed by atoms with E-state index in [-0.39, 0.29) is 6.04 Å². The number of aromatic nitrogens is 1. The van der Waals surface area contributed by atoms with Crippen LogP contribution < -0.4 is 11.1 Å². The fourth-order valence-electron chi connectivity index (χ4n) is 1.94. The van der Waals surface area contributed by atoms with E-state index in [0.717, 1.165) is 21.2 Å². The summed E-state index contributed by atoms with van der Waals surface area (Å²) in [7, 11) is 0. The maximum atomic E-state index is 5.87. The number of hydrogen-bond acceptors (Lipinski definition) is 5. The van der Waals surface area contributed by atoms with Crippen molar-refractivity contribution in [2.75, 3.05) is 11.6 Å². The lowest BCUT2D eigenvalue weighted by atomic mass is 10.1. The predicted molar refractivity (Wildman–Crippen MR) is 93.0 cm³/mol. The summed E-state index contributed by atoms with van der Waals surface area (Å²) in [5.41, 5.74) is 7.75. The second-order valence-corrected chi connectivity index (χ2v) is 6.98. The lowest BCUT2D eigenvalue weighted by molar-refractivity contribution is 0.868. The molecule has 1 heterocycles. The van der Waals surface area contributed by atoms with Crippen LogP contribution in [0.15, 0.2) is 29.3 Å². The van der Waals surface area contributed by atoms with Gasteiger partial charge in [-0.15, -0.1) is 23.1 Å². The third-order valence-electron chi connectivity index (χ3n) is 2.87. The Morgan fingerprint density at radius 2 is 2.25 bits per heavy atom. The van der Waals surface area contributed by atoms with Crippen LogP contribution in [0.3, 0.4) is 0 Å². The number of benzene rings is 1. The first-order chi connectivity index (χ1) is 9.52. The van der Waals surface area contributed by atoms with Gasteiger partial charge in [-0.25, -0.2) is 4.98 Å². The third-order valence-corrected chi connectivity index (χ3v) is 4.95. The molecule has 106 valence electrons. The van der Waals surface area contributed by atoms with Gasteiger partial charge in [0.1, 0.15) is 10.00 Å². The summed E-state index contributed by atoms with van der Waals surface area (Å²) in [6.07, 6.45) is 3.92. The average Bonchev–Trinajstić information content (AvgIpc) is 2.84. The molecule has 6 heteroatoms. The minimum absolute atomic E-state index is 0.124. The normalized spacial score (nSPS) is 12.2. The lowest BCUT2D eigenvalue weighted by Gasteiger charge is -2.18. The summed E-state index contributed by atoms with van der Waals surface area (Å²) in [5.74, 6) is 0. The number of aryl methyl sites for hydroxylation is 1. The number of rotatable bonds is 5. The molecule has 0 bridgehead atoms. The summed E-state index contributed by atoms with van der Waals surface area (Å²) >= 11 is 8.53. The molecule has 3 nitrogen and oxygen atoms in total. The van der Waals surface area contributed by atoms with Crippen LogP contribution in [0.25, 0.3) is 0 Å². The molecule has 1 aromatic heterocycles. The molecular formula is C14H17N3S3. The number of thiazole rings is 1. The fourth-order valence-corrected chi connectivity index (χ4v) is 3.64. The van der Waals surface area contributed by atoms with Crippen molar-refractivity contribution < 1.29 is 0 Å². The van der Waals surface area contributed by atoms with Gasteiger partial charge in [0.05, 0.1) is 6.04 Å². The van der Waals surface area contributed by atoms with Crippen molar-refractivity contribution in [3.05, 3.63) is 39.8 Å². The summed E-state index contributed by atoms with van der Waals surface area (Å²) in [5, 5.41) is 4.52. The quantitative estimate of drug-likeness (QED) is 0.644. The molecule has 1 atom stereocenters. The van der Waals surface area contributed by atoms with Crippen LogP contribution in [0, 0.1) is 6.92 Å². The highest BCUT2D eigenvalue weighted by atomic mass is 32.2. The van der Waals surface area contributed by atoms with E-state index < -0.39 is 0 Å². The van der Waals surface area contributed by atoms with E-state index in [4.69, 9.17) is 18.0 Å². The van der Waals surface area contributed by atoms with Crippen molar-refractivity contribution >= 4 is 46.0 Å². The van der Waals surface area contributed by atoms with E-state index in [9.17, 15) is 0 Å². The topological polar surface area (TPSA) is 50.9 Å². The predicted octanol–water partition coefficient (Wildman–Crippen LogP) is 3.98. The molecule has 2 rings (SSSR count). The summed E-state index contributed by atoms with van der Waals surface area (Å²) in [6, 6.07) is 6.17. The Kier molecular flexibility index (Phi) is 5.01. The molecule has 1 aromatic carbocycles. The van der Waals surface area contributed by atoms with Gasteiger partial charge in [0.15, 0.2) is 0 Å². The molecule has 20 heavy (non-hydrogen) atoms. The molecule has 3 N–H and O–H groups in total. The average molecular weight is 324 g/mol. The van der Waals surface area contributed by atoms with Crippen molar-refractivity contribution in [3.63, 3.8) is 0 Å². The molecule has 0 radical (unpaired) electrons. The monoisotopic (exact) mass is 323 g/mol. The van der Waals surface area contributed by atoms with Crippen LogP contribution >= 0.6 is 35.3 Å². The third kappa shape index (κ3) is 3.31. The number of nitrogens with two attached hydrogens (primary N) is 1. The molecular weight excluding hydrogens is 306 g/mol. The molecule has 0 saturated carbocycles. The minimum Gasteiger partial charge on any atom is -0.389 e. The number of hydrogen-bond donors (Lipinski definition) is 2. The molecule has 0 fully saturated rings. The van der Waals surface area contributed by atoms with E-state index in [2.05, 4.69) is 24.1 Å². The van der Waals surface area contributed by atoms with Gasteiger partial charge in [0, 0.05) is 27.2 Å². The van der Waals surface area contributed by atoms with E-state index in [0.29, 0.717) is 4.99 Å². The first-order valence-electron chi connectivity index (χ1n) is 6.18. The van der Waals surface area contributed by atoms with E-state index >= 15 is 0 Å². The van der Waals surface area contributed by atoms with Crippen molar-refractivity contribution in [2.45, 2.75) is 24.8 Å². The Balaban J connectivity index is 2.31. The summed E-state index contributed by atoms with van der Waals surface area (Å²) in [6.45, 7) is 4.15. The van der Waals surface area contributed by atoms with Crippen LogP contribution in [-0.4, -0.2) is 16.2 Å². The molecule has 1 unspecified atom stereocenters. The SMILES string of the molecule is CSc1cccc(NC(C)c2ncc(C)s2)c1C(N)=S. The zero-order chi connectivity index (χ0) is 14.7. The first-order valence-corrected chi connectivity index (χ1v) is 8.63. The molecule has 0 amide bonds. The minimum atomic E-state index is 0.124. The molecule has 0 spiro atoms. The number of thiocarbonyl (C=S) groups is 1. The van der Waals surface area contributed by atoms with Crippen molar-refractivity contribution in [3.8, 4) is 0 Å². The Morgan fingerprint density at radius 3 is 2.80 bits per heavy atom. The highest BCUT2D eigenvalue weighted by Gasteiger charge is 2.15. The summed E-state index contributed by atoms with van der Waals surface area (Å²) < 4.78 is 0. The maximum absolute atomic E-state index is 5.87.